The zero-order valence-corrected chi connectivity index (χ0v) is 11.5. The number of methoxy groups -OCH3 is 1. The van der Waals surface area contributed by atoms with Crippen molar-refractivity contribution in [3.05, 3.63) is 53.2 Å². The van der Waals surface area contributed by atoms with Crippen molar-refractivity contribution in [3.63, 3.8) is 0 Å². The van der Waals surface area contributed by atoms with E-state index in [2.05, 4.69) is 16.4 Å². The summed E-state index contributed by atoms with van der Waals surface area (Å²) in [5, 5.41) is 3.28. The van der Waals surface area contributed by atoms with Crippen molar-refractivity contribution in [2.24, 2.45) is 0 Å². The van der Waals surface area contributed by atoms with Crippen LogP contribution >= 0.6 is 0 Å². The molecule has 0 spiro atoms. The van der Waals surface area contributed by atoms with Gasteiger partial charge in [-0.15, -0.1) is 0 Å². The zero-order chi connectivity index (χ0) is 13.8. The average molecular weight is 257 g/mol. The minimum Gasteiger partial charge on any atom is -0.496 e. The number of anilines is 1. The van der Waals surface area contributed by atoms with Gasteiger partial charge >= 0.3 is 0 Å². The van der Waals surface area contributed by atoms with E-state index >= 15 is 0 Å². The van der Waals surface area contributed by atoms with Gasteiger partial charge in [-0.25, -0.2) is 4.98 Å². The number of nitrogen functional groups attached to an aromatic ring is 1. The van der Waals surface area contributed by atoms with E-state index in [1.807, 2.05) is 38.2 Å². The van der Waals surface area contributed by atoms with E-state index < -0.39 is 0 Å². The first kappa shape index (κ1) is 13.4. The quantitative estimate of drug-likeness (QED) is 0.882. The highest BCUT2D eigenvalue weighted by atomic mass is 16.5. The van der Waals surface area contributed by atoms with E-state index in [0.717, 1.165) is 22.4 Å². The van der Waals surface area contributed by atoms with Crippen molar-refractivity contribution in [2.45, 2.75) is 13.0 Å². The predicted octanol–water partition coefficient (Wildman–Crippen LogP) is 2.29. The summed E-state index contributed by atoms with van der Waals surface area (Å²) in [7, 11) is 3.57. The maximum absolute atomic E-state index is 6.00. The summed E-state index contributed by atoms with van der Waals surface area (Å²) in [6, 6.07) is 9.93. The fraction of sp³-hybridized carbons (Fsp3) is 0.267. The Labute approximate surface area is 113 Å². The molecule has 0 aliphatic heterocycles. The first-order valence-electron chi connectivity index (χ1n) is 6.19. The summed E-state index contributed by atoms with van der Waals surface area (Å²) in [5.74, 6) is 1.37. The van der Waals surface area contributed by atoms with E-state index in [1.54, 1.807) is 13.3 Å². The van der Waals surface area contributed by atoms with Gasteiger partial charge in [-0.3, -0.25) is 0 Å². The first-order valence-corrected chi connectivity index (χ1v) is 6.19. The molecule has 0 amide bonds. The lowest BCUT2D eigenvalue weighted by molar-refractivity contribution is 0.405. The molecule has 1 aromatic carbocycles. The molecule has 0 aliphatic carbocycles. The van der Waals surface area contributed by atoms with Gasteiger partial charge in [0.25, 0.3) is 0 Å². The van der Waals surface area contributed by atoms with Crippen molar-refractivity contribution in [1.29, 1.82) is 0 Å². The van der Waals surface area contributed by atoms with Crippen molar-refractivity contribution >= 4 is 5.82 Å². The SMILES string of the molecule is CNC(c1ccccc1OC)c1cc(C)cnc1N. The fourth-order valence-electron chi connectivity index (χ4n) is 2.22. The third-order valence-electron chi connectivity index (χ3n) is 3.14. The summed E-state index contributed by atoms with van der Waals surface area (Å²) in [6.45, 7) is 2.00. The molecule has 1 unspecified atom stereocenters. The maximum Gasteiger partial charge on any atom is 0.128 e. The minimum atomic E-state index is -0.0384. The number of rotatable bonds is 4. The van der Waals surface area contributed by atoms with Crippen molar-refractivity contribution in [3.8, 4) is 5.75 Å². The van der Waals surface area contributed by atoms with Crippen molar-refractivity contribution < 1.29 is 4.74 Å². The highest BCUT2D eigenvalue weighted by Crippen LogP contribution is 2.31. The second-order valence-electron chi connectivity index (χ2n) is 4.45. The number of aromatic nitrogens is 1. The number of nitrogens with one attached hydrogen (secondary N) is 1. The van der Waals surface area contributed by atoms with E-state index in [1.165, 1.54) is 0 Å². The Hall–Kier alpha value is -2.07. The summed E-state index contributed by atoms with van der Waals surface area (Å²) in [5.41, 5.74) is 9.10. The second kappa shape index (κ2) is 5.71. The number of pyridine rings is 1. The van der Waals surface area contributed by atoms with Crippen LogP contribution in [-0.4, -0.2) is 19.1 Å². The molecule has 3 N–H and O–H groups in total. The van der Waals surface area contributed by atoms with E-state index in [0.29, 0.717) is 5.82 Å². The Balaban J connectivity index is 2.53. The number of nitrogens with zero attached hydrogens (tertiary/aromatic N) is 1. The smallest absolute Gasteiger partial charge is 0.128 e. The number of nitrogens with two attached hydrogens (primary N) is 1. The molecule has 2 rings (SSSR count). The van der Waals surface area contributed by atoms with Crippen molar-refractivity contribution in [1.82, 2.24) is 10.3 Å². The molecule has 0 radical (unpaired) electrons. The van der Waals surface area contributed by atoms with E-state index in [9.17, 15) is 0 Å². The third-order valence-corrected chi connectivity index (χ3v) is 3.14. The molecule has 100 valence electrons. The van der Waals surface area contributed by atoms with Gasteiger partial charge in [-0.2, -0.15) is 0 Å². The normalized spacial score (nSPS) is 12.2. The zero-order valence-electron chi connectivity index (χ0n) is 11.5. The lowest BCUT2D eigenvalue weighted by Crippen LogP contribution is -2.20. The third kappa shape index (κ3) is 2.69. The molecule has 1 atom stereocenters. The van der Waals surface area contributed by atoms with Crippen LogP contribution < -0.4 is 15.8 Å². The molecule has 0 fully saturated rings. The molecule has 4 nitrogen and oxygen atoms in total. The molecule has 1 aromatic heterocycles. The van der Waals surface area contributed by atoms with Crippen LogP contribution in [0.25, 0.3) is 0 Å². The van der Waals surface area contributed by atoms with Crippen LogP contribution in [0.3, 0.4) is 0 Å². The first-order chi connectivity index (χ1) is 9.17. The number of hydrogen-bond acceptors (Lipinski definition) is 4. The van der Waals surface area contributed by atoms with Crippen molar-refractivity contribution in [2.75, 3.05) is 19.9 Å². The Morgan fingerprint density at radius 2 is 2.00 bits per heavy atom. The predicted molar refractivity (Wildman–Crippen MR) is 77.3 cm³/mol. The van der Waals surface area contributed by atoms with E-state index in [4.69, 9.17) is 10.5 Å². The molecule has 1 heterocycles. The number of aryl methyl sites for hydroxylation is 1. The maximum atomic E-state index is 6.00. The number of hydrogen-bond donors (Lipinski definition) is 2. The van der Waals surface area contributed by atoms with Gasteiger partial charge in [0.05, 0.1) is 13.2 Å². The van der Waals surface area contributed by atoms with Gasteiger partial charge in [0.2, 0.25) is 0 Å². The Morgan fingerprint density at radius 1 is 1.26 bits per heavy atom. The van der Waals surface area contributed by atoms with Crippen LogP contribution in [0, 0.1) is 6.92 Å². The molecule has 2 aromatic rings. The van der Waals surface area contributed by atoms with Crippen LogP contribution in [0.5, 0.6) is 5.75 Å². The topological polar surface area (TPSA) is 60.2 Å². The lowest BCUT2D eigenvalue weighted by Gasteiger charge is -2.21. The number of ether oxygens (including phenoxy) is 1. The standard InChI is InChI=1S/C15H19N3O/c1-10-8-12(15(16)18-9-10)14(17-2)11-6-4-5-7-13(11)19-3/h4-9,14,17H,1-3H3,(H2,16,18). The van der Waals surface area contributed by atoms with Gasteiger partial charge in [0.15, 0.2) is 0 Å². The second-order valence-corrected chi connectivity index (χ2v) is 4.45. The Morgan fingerprint density at radius 3 is 2.68 bits per heavy atom. The summed E-state index contributed by atoms with van der Waals surface area (Å²) >= 11 is 0. The van der Waals surface area contributed by atoms with Gasteiger partial charge in [-0.1, -0.05) is 18.2 Å². The van der Waals surface area contributed by atoms with E-state index in [-0.39, 0.29) is 6.04 Å². The van der Waals surface area contributed by atoms with Crippen LogP contribution in [0.1, 0.15) is 22.7 Å². The monoisotopic (exact) mass is 257 g/mol. The average Bonchev–Trinajstić information content (AvgIpc) is 2.44. The highest BCUT2D eigenvalue weighted by Gasteiger charge is 2.19. The van der Waals surface area contributed by atoms with Gasteiger partial charge in [0, 0.05) is 17.3 Å². The fourth-order valence-corrected chi connectivity index (χ4v) is 2.22. The summed E-state index contributed by atoms with van der Waals surface area (Å²) < 4.78 is 5.42. The highest BCUT2D eigenvalue weighted by molar-refractivity contribution is 5.50. The molecular formula is C15H19N3O. The van der Waals surface area contributed by atoms with Gasteiger partial charge < -0.3 is 15.8 Å². The van der Waals surface area contributed by atoms with Crippen LogP contribution in [0.15, 0.2) is 36.5 Å². The Kier molecular flexibility index (Phi) is 4.02. The van der Waals surface area contributed by atoms with Gasteiger partial charge in [0.1, 0.15) is 11.6 Å². The lowest BCUT2D eigenvalue weighted by atomic mass is 9.97. The number of benzene rings is 1. The van der Waals surface area contributed by atoms with Crippen LogP contribution in [0.2, 0.25) is 0 Å². The molecular weight excluding hydrogens is 238 g/mol. The Bertz CT molecular complexity index is 569. The summed E-state index contributed by atoms with van der Waals surface area (Å²) in [6.07, 6.45) is 1.77. The van der Waals surface area contributed by atoms with Gasteiger partial charge in [-0.05, 0) is 31.7 Å². The largest absolute Gasteiger partial charge is 0.496 e. The molecule has 0 saturated carbocycles. The number of para-hydroxylation sites is 1. The van der Waals surface area contributed by atoms with Crippen LogP contribution in [-0.2, 0) is 0 Å². The molecule has 0 aliphatic rings. The molecule has 0 bridgehead atoms. The molecule has 4 heteroatoms. The summed E-state index contributed by atoms with van der Waals surface area (Å²) in [4.78, 5) is 4.23. The minimum absolute atomic E-state index is 0.0384. The van der Waals surface area contributed by atoms with Crippen LogP contribution in [0.4, 0.5) is 5.82 Å². The molecule has 0 saturated heterocycles. The molecule has 19 heavy (non-hydrogen) atoms.